The molecule has 140 valence electrons. The van der Waals surface area contributed by atoms with E-state index < -0.39 is 21.3 Å². The zero-order valence-electron chi connectivity index (χ0n) is 14.6. The zero-order chi connectivity index (χ0) is 19.5. The van der Waals surface area contributed by atoms with E-state index in [-0.39, 0.29) is 17.8 Å². The van der Waals surface area contributed by atoms with Gasteiger partial charge < -0.3 is 5.32 Å². The molecule has 8 heteroatoms. The van der Waals surface area contributed by atoms with Crippen molar-refractivity contribution in [2.75, 3.05) is 17.5 Å². The van der Waals surface area contributed by atoms with Gasteiger partial charge in [0.2, 0.25) is 10.0 Å². The number of carbonyl (C=O) groups is 1. The molecule has 0 spiro atoms. The van der Waals surface area contributed by atoms with Gasteiger partial charge in [0.15, 0.2) is 0 Å². The molecule has 0 fully saturated rings. The molecule has 0 aliphatic rings. The van der Waals surface area contributed by atoms with Crippen molar-refractivity contribution in [2.45, 2.75) is 19.3 Å². The highest BCUT2D eigenvalue weighted by molar-refractivity contribution is 7.92. The van der Waals surface area contributed by atoms with Crippen molar-refractivity contribution in [3.05, 3.63) is 63.6 Å². The third-order valence-corrected chi connectivity index (χ3v) is 5.02. The standard InChI is InChI=1S/C18H20Cl2N2O3S/c1-18(2,16-13(19)8-6-9-14(16)20)11-21-17(23)12-7-4-5-10-15(12)22-26(3,24)25/h4-10,22H,11H2,1-3H3,(H,21,23). The van der Waals surface area contributed by atoms with Crippen LogP contribution in [0.25, 0.3) is 0 Å². The lowest BCUT2D eigenvalue weighted by atomic mass is 9.84. The highest BCUT2D eigenvalue weighted by Crippen LogP contribution is 2.35. The Hall–Kier alpha value is -1.76. The Kier molecular flexibility index (Phi) is 6.21. The molecule has 2 rings (SSSR count). The highest BCUT2D eigenvalue weighted by Gasteiger charge is 2.27. The summed E-state index contributed by atoms with van der Waals surface area (Å²) in [6.07, 6.45) is 1.03. The van der Waals surface area contributed by atoms with Gasteiger partial charge in [-0.2, -0.15) is 0 Å². The molecular weight excluding hydrogens is 395 g/mol. The van der Waals surface area contributed by atoms with E-state index in [1.165, 1.54) is 6.07 Å². The van der Waals surface area contributed by atoms with Gasteiger partial charge in [0.05, 0.1) is 17.5 Å². The van der Waals surface area contributed by atoms with Gasteiger partial charge >= 0.3 is 0 Å². The summed E-state index contributed by atoms with van der Waals surface area (Å²) < 4.78 is 25.3. The quantitative estimate of drug-likeness (QED) is 0.747. The van der Waals surface area contributed by atoms with Crippen LogP contribution in [0.5, 0.6) is 0 Å². The largest absolute Gasteiger partial charge is 0.351 e. The van der Waals surface area contributed by atoms with E-state index in [9.17, 15) is 13.2 Å². The fraction of sp³-hybridized carbons (Fsp3) is 0.278. The number of amides is 1. The molecule has 0 saturated heterocycles. The number of para-hydroxylation sites is 1. The minimum atomic E-state index is -3.50. The molecule has 1 amide bonds. The minimum absolute atomic E-state index is 0.223. The molecule has 0 bridgehead atoms. The molecule has 0 radical (unpaired) electrons. The number of hydrogen-bond acceptors (Lipinski definition) is 3. The molecule has 0 unspecified atom stereocenters. The average Bonchev–Trinajstić information content (AvgIpc) is 2.51. The van der Waals surface area contributed by atoms with E-state index in [4.69, 9.17) is 23.2 Å². The van der Waals surface area contributed by atoms with E-state index in [1.54, 1.807) is 36.4 Å². The normalized spacial score (nSPS) is 11.9. The summed E-state index contributed by atoms with van der Waals surface area (Å²) in [5, 5.41) is 3.88. The number of nitrogens with one attached hydrogen (secondary N) is 2. The van der Waals surface area contributed by atoms with Crippen LogP contribution in [-0.4, -0.2) is 27.1 Å². The van der Waals surface area contributed by atoms with E-state index in [1.807, 2.05) is 13.8 Å². The molecule has 2 aromatic rings. The summed E-state index contributed by atoms with van der Waals surface area (Å²) in [5.41, 5.74) is 0.677. The van der Waals surface area contributed by atoms with Crippen LogP contribution in [0.4, 0.5) is 5.69 Å². The number of halogens is 2. The molecule has 0 atom stereocenters. The highest BCUT2D eigenvalue weighted by atomic mass is 35.5. The van der Waals surface area contributed by atoms with Crippen molar-refractivity contribution in [2.24, 2.45) is 0 Å². The lowest BCUT2D eigenvalue weighted by Crippen LogP contribution is -2.37. The molecule has 0 aliphatic heterocycles. The van der Waals surface area contributed by atoms with Gasteiger partial charge in [-0.15, -0.1) is 0 Å². The van der Waals surface area contributed by atoms with Crippen LogP contribution in [0, 0.1) is 0 Å². The van der Waals surface area contributed by atoms with Gasteiger partial charge in [0.25, 0.3) is 5.91 Å². The second-order valence-corrected chi connectivity index (χ2v) is 9.15. The second kappa shape index (κ2) is 7.86. The van der Waals surface area contributed by atoms with E-state index in [2.05, 4.69) is 10.0 Å². The topological polar surface area (TPSA) is 75.3 Å². The Labute approximate surface area is 163 Å². The lowest BCUT2D eigenvalue weighted by Gasteiger charge is -2.28. The van der Waals surface area contributed by atoms with E-state index in [0.717, 1.165) is 11.8 Å². The van der Waals surface area contributed by atoms with Crippen molar-refractivity contribution in [1.82, 2.24) is 5.32 Å². The van der Waals surface area contributed by atoms with E-state index in [0.29, 0.717) is 10.0 Å². The van der Waals surface area contributed by atoms with Crippen molar-refractivity contribution < 1.29 is 13.2 Å². The van der Waals surface area contributed by atoms with Crippen LogP contribution < -0.4 is 10.0 Å². The predicted octanol–water partition coefficient (Wildman–Crippen LogP) is 4.07. The molecule has 5 nitrogen and oxygen atoms in total. The first-order chi connectivity index (χ1) is 12.0. The van der Waals surface area contributed by atoms with Crippen LogP contribution in [-0.2, 0) is 15.4 Å². The minimum Gasteiger partial charge on any atom is -0.351 e. The second-order valence-electron chi connectivity index (χ2n) is 6.58. The molecule has 2 aromatic carbocycles. The van der Waals surface area contributed by atoms with Crippen LogP contribution in [0.2, 0.25) is 10.0 Å². The van der Waals surface area contributed by atoms with Crippen molar-refractivity contribution in [1.29, 1.82) is 0 Å². The number of sulfonamides is 1. The van der Waals surface area contributed by atoms with Gasteiger partial charge in [-0.05, 0) is 29.8 Å². The van der Waals surface area contributed by atoms with Gasteiger partial charge in [-0.1, -0.05) is 55.2 Å². The maximum absolute atomic E-state index is 12.6. The summed E-state index contributed by atoms with van der Waals surface area (Å²) in [6, 6.07) is 11.7. The number of anilines is 1. The Morgan fingerprint density at radius 1 is 1.04 bits per heavy atom. The van der Waals surface area contributed by atoms with Crippen LogP contribution in [0.1, 0.15) is 29.8 Å². The molecule has 2 N–H and O–H groups in total. The number of hydrogen-bond donors (Lipinski definition) is 2. The summed E-state index contributed by atoms with van der Waals surface area (Å²) in [5.74, 6) is -0.395. The first-order valence-electron chi connectivity index (χ1n) is 7.81. The Morgan fingerprint density at radius 3 is 2.19 bits per heavy atom. The fourth-order valence-corrected chi connectivity index (χ4v) is 4.09. The first kappa shape index (κ1) is 20.6. The smallest absolute Gasteiger partial charge is 0.253 e. The SMILES string of the molecule is CC(C)(CNC(=O)c1ccccc1NS(C)(=O)=O)c1c(Cl)cccc1Cl. The zero-order valence-corrected chi connectivity index (χ0v) is 17.0. The van der Waals surface area contributed by atoms with Crippen molar-refractivity contribution in [3.63, 3.8) is 0 Å². The molecule has 0 heterocycles. The first-order valence-corrected chi connectivity index (χ1v) is 10.5. The Bertz CT molecular complexity index is 908. The van der Waals surface area contributed by atoms with Crippen LogP contribution >= 0.6 is 23.2 Å². The Morgan fingerprint density at radius 2 is 1.62 bits per heavy atom. The van der Waals surface area contributed by atoms with Gasteiger partial charge in [0, 0.05) is 22.0 Å². The molecule has 26 heavy (non-hydrogen) atoms. The van der Waals surface area contributed by atoms with Crippen molar-refractivity contribution in [3.8, 4) is 0 Å². The van der Waals surface area contributed by atoms with Gasteiger partial charge in [-0.3, -0.25) is 9.52 Å². The summed E-state index contributed by atoms with van der Waals surface area (Å²) in [6.45, 7) is 4.10. The van der Waals surface area contributed by atoms with Gasteiger partial charge in [-0.25, -0.2) is 8.42 Å². The molecule has 0 aromatic heterocycles. The Balaban J connectivity index is 2.21. The number of carbonyl (C=O) groups excluding carboxylic acids is 1. The van der Waals surface area contributed by atoms with Crippen molar-refractivity contribution >= 4 is 44.8 Å². The number of rotatable bonds is 6. The lowest BCUT2D eigenvalue weighted by molar-refractivity contribution is 0.0946. The molecule has 0 aliphatic carbocycles. The fourth-order valence-electron chi connectivity index (χ4n) is 2.60. The average molecular weight is 415 g/mol. The van der Waals surface area contributed by atoms with Crippen LogP contribution in [0.3, 0.4) is 0 Å². The summed E-state index contributed by atoms with van der Waals surface area (Å²) in [4.78, 5) is 12.6. The molecule has 0 saturated carbocycles. The van der Waals surface area contributed by atoms with E-state index >= 15 is 0 Å². The van der Waals surface area contributed by atoms with Crippen LogP contribution in [0.15, 0.2) is 42.5 Å². The summed E-state index contributed by atoms with van der Waals surface area (Å²) >= 11 is 12.5. The predicted molar refractivity (Wildman–Crippen MR) is 107 cm³/mol. The monoisotopic (exact) mass is 414 g/mol. The summed E-state index contributed by atoms with van der Waals surface area (Å²) in [7, 11) is -3.50. The van der Waals surface area contributed by atoms with Gasteiger partial charge in [0.1, 0.15) is 0 Å². The number of benzene rings is 2. The third kappa shape index (κ3) is 5.13. The third-order valence-electron chi connectivity index (χ3n) is 3.80. The maximum Gasteiger partial charge on any atom is 0.253 e. The maximum atomic E-state index is 12.6. The molecular formula is C18H20Cl2N2O3S.